The lowest BCUT2D eigenvalue weighted by Crippen LogP contribution is -2.04. The Labute approximate surface area is 111 Å². The van der Waals surface area contributed by atoms with Gasteiger partial charge in [0.1, 0.15) is 0 Å². The van der Waals surface area contributed by atoms with Gasteiger partial charge in [-0.15, -0.1) is 12.4 Å². The standard InChI is InChI=1S/C11H16FN5.ClH/c1-4-17-8(2)10(7-15-17)13-5-9-6-14-16(3)11(9)12;/h6-7,13H,4-5H2,1-3H3;1H. The van der Waals surface area contributed by atoms with Crippen LogP contribution in [0.15, 0.2) is 12.4 Å². The van der Waals surface area contributed by atoms with Crippen LogP contribution in [0, 0.1) is 12.9 Å². The highest BCUT2D eigenvalue weighted by atomic mass is 35.5. The summed E-state index contributed by atoms with van der Waals surface area (Å²) in [5, 5.41) is 11.2. The van der Waals surface area contributed by atoms with Gasteiger partial charge in [-0.25, -0.2) is 4.68 Å². The SMILES string of the molecule is CCn1ncc(NCc2cnn(C)c2F)c1C.Cl. The number of hydrogen-bond donors (Lipinski definition) is 1. The van der Waals surface area contributed by atoms with Gasteiger partial charge in [-0.05, 0) is 13.8 Å². The van der Waals surface area contributed by atoms with Gasteiger partial charge in [-0.1, -0.05) is 0 Å². The Hall–Kier alpha value is -1.56. The van der Waals surface area contributed by atoms with Crippen LogP contribution < -0.4 is 5.32 Å². The van der Waals surface area contributed by atoms with E-state index in [-0.39, 0.29) is 18.4 Å². The molecule has 7 heteroatoms. The molecule has 0 aliphatic rings. The van der Waals surface area contributed by atoms with E-state index in [0.717, 1.165) is 17.9 Å². The summed E-state index contributed by atoms with van der Waals surface area (Å²) < 4.78 is 16.6. The fourth-order valence-electron chi connectivity index (χ4n) is 1.72. The Bertz CT molecular complexity index is 519. The minimum atomic E-state index is -0.307. The molecule has 2 heterocycles. The molecule has 18 heavy (non-hydrogen) atoms. The molecule has 5 nitrogen and oxygen atoms in total. The monoisotopic (exact) mass is 273 g/mol. The van der Waals surface area contributed by atoms with E-state index in [1.165, 1.54) is 10.9 Å². The number of aromatic nitrogens is 4. The maximum Gasteiger partial charge on any atom is 0.216 e. The molecule has 0 spiro atoms. The van der Waals surface area contributed by atoms with Crippen molar-refractivity contribution < 1.29 is 4.39 Å². The van der Waals surface area contributed by atoms with Crippen LogP contribution in [0.5, 0.6) is 0 Å². The number of anilines is 1. The van der Waals surface area contributed by atoms with E-state index in [1.807, 2.05) is 18.5 Å². The second-order valence-corrected chi connectivity index (χ2v) is 3.90. The Balaban J connectivity index is 0.00000162. The van der Waals surface area contributed by atoms with Crippen LogP contribution in [-0.2, 0) is 20.1 Å². The van der Waals surface area contributed by atoms with Crippen LogP contribution in [0.2, 0.25) is 0 Å². The van der Waals surface area contributed by atoms with Crippen molar-refractivity contribution in [2.45, 2.75) is 26.9 Å². The smallest absolute Gasteiger partial charge is 0.216 e. The molecule has 0 unspecified atom stereocenters. The highest BCUT2D eigenvalue weighted by Gasteiger charge is 2.09. The number of halogens is 2. The molecular formula is C11H17ClFN5. The Kier molecular flexibility index (Phi) is 4.72. The van der Waals surface area contributed by atoms with Crippen molar-refractivity contribution in [3.8, 4) is 0 Å². The summed E-state index contributed by atoms with van der Waals surface area (Å²) in [7, 11) is 1.58. The number of hydrogen-bond acceptors (Lipinski definition) is 3. The summed E-state index contributed by atoms with van der Waals surface area (Å²) in [4.78, 5) is 0. The lowest BCUT2D eigenvalue weighted by molar-refractivity contribution is 0.496. The summed E-state index contributed by atoms with van der Waals surface area (Å²) in [6.45, 7) is 5.26. The third-order valence-corrected chi connectivity index (χ3v) is 2.81. The van der Waals surface area contributed by atoms with Gasteiger partial charge in [0.15, 0.2) is 0 Å². The van der Waals surface area contributed by atoms with E-state index >= 15 is 0 Å². The van der Waals surface area contributed by atoms with E-state index in [0.29, 0.717) is 12.1 Å². The molecule has 0 amide bonds. The fourth-order valence-corrected chi connectivity index (χ4v) is 1.72. The first-order valence-electron chi connectivity index (χ1n) is 5.56. The second kappa shape index (κ2) is 5.86. The summed E-state index contributed by atoms with van der Waals surface area (Å²) >= 11 is 0. The zero-order valence-electron chi connectivity index (χ0n) is 10.6. The van der Waals surface area contributed by atoms with E-state index < -0.39 is 0 Å². The van der Waals surface area contributed by atoms with Crippen molar-refractivity contribution in [3.05, 3.63) is 29.6 Å². The summed E-state index contributed by atoms with van der Waals surface area (Å²) in [5.74, 6) is -0.307. The molecule has 0 aliphatic heterocycles. The predicted molar refractivity (Wildman–Crippen MR) is 70.4 cm³/mol. The molecular weight excluding hydrogens is 257 g/mol. The average molecular weight is 274 g/mol. The number of nitrogens with one attached hydrogen (secondary N) is 1. The van der Waals surface area contributed by atoms with E-state index in [9.17, 15) is 4.39 Å². The van der Waals surface area contributed by atoms with Gasteiger partial charge >= 0.3 is 0 Å². The molecule has 2 aromatic rings. The molecule has 0 aliphatic carbocycles. The molecule has 100 valence electrons. The highest BCUT2D eigenvalue weighted by Crippen LogP contribution is 2.15. The summed E-state index contributed by atoms with van der Waals surface area (Å²) in [6.07, 6.45) is 3.29. The maximum absolute atomic E-state index is 13.5. The van der Waals surface area contributed by atoms with Gasteiger partial charge in [-0.2, -0.15) is 14.6 Å². The third kappa shape index (κ3) is 2.64. The third-order valence-electron chi connectivity index (χ3n) is 2.81. The molecule has 0 saturated heterocycles. The summed E-state index contributed by atoms with van der Waals surface area (Å²) in [6, 6.07) is 0. The quantitative estimate of drug-likeness (QED) is 0.928. The van der Waals surface area contributed by atoms with Gasteiger partial charge in [-0.3, -0.25) is 4.68 Å². The Morgan fingerprint density at radius 3 is 2.56 bits per heavy atom. The van der Waals surface area contributed by atoms with E-state index in [4.69, 9.17) is 0 Å². The van der Waals surface area contributed by atoms with Gasteiger partial charge in [0.25, 0.3) is 0 Å². The zero-order valence-corrected chi connectivity index (χ0v) is 11.5. The van der Waals surface area contributed by atoms with Crippen molar-refractivity contribution in [1.82, 2.24) is 19.6 Å². The number of aryl methyl sites for hydroxylation is 2. The minimum Gasteiger partial charge on any atom is -0.378 e. The van der Waals surface area contributed by atoms with Crippen LogP contribution >= 0.6 is 12.4 Å². The van der Waals surface area contributed by atoms with Crippen LogP contribution in [0.25, 0.3) is 0 Å². The van der Waals surface area contributed by atoms with Gasteiger partial charge in [0, 0.05) is 25.7 Å². The van der Waals surface area contributed by atoms with E-state index in [2.05, 4.69) is 15.5 Å². The molecule has 2 rings (SSSR count). The molecule has 0 fully saturated rings. The van der Waals surface area contributed by atoms with Gasteiger partial charge < -0.3 is 5.32 Å². The Morgan fingerprint density at radius 2 is 2.06 bits per heavy atom. The number of rotatable bonds is 4. The van der Waals surface area contributed by atoms with E-state index in [1.54, 1.807) is 13.2 Å². The fraction of sp³-hybridized carbons (Fsp3) is 0.455. The van der Waals surface area contributed by atoms with Gasteiger partial charge in [0.05, 0.1) is 23.8 Å². The average Bonchev–Trinajstić information content (AvgIpc) is 2.83. The van der Waals surface area contributed by atoms with Gasteiger partial charge in [0.2, 0.25) is 5.95 Å². The highest BCUT2D eigenvalue weighted by molar-refractivity contribution is 5.85. The largest absolute Gasteiger partial charge is 0.378 e. The molecule has 0 atom stereocenters. The lowest BCUT2D eigenvalue weighted by Gasteiger charge is -2.05. The topological polar surface area (TPSA) is 47.7 Å². The molecule has 2 aromatic heterocycles. The molecule has 0 bridgehead atoms. The molecule has 0 saturated carbocycles. The van der Waals surface area contributed by atoms with Crippen molar-refractivity contribution in [1.29, 1.82) is 0 Å². The molecule has 1 N–H and O–H groups in total. The van der Waals surface area contributed by atoms with Crippen molar-refractivity contribution in [2.75, 3.05) is 5.32 Å². The van der Waals surface area contributed by atoms with Crippen molar-refractivity contribution in [3.63, 3.8) is 0 Å². The minimum absolute atomic E-state index is 0. The first-order chi connectivity index (χ1) is 8.13. The molecule has 0 aromatic carbocycles. The van der Waals surface area contributed by atoms with Crippen LogP contribution in [0.1, 0.15) is 18.2 Å². The first-order valence-corrected chi connectivity index (χ1v) is 5.56. The summed E-state index contributed by atoms with van der Waals surface area (Å²) in [5.41, 5.74) is 2.53. The predicted octanol–water partition coefficient (Wildman–Crippen LogP) is 2.12. The van der Waals surface area contributed by atoms with Crippen molar-refractivity contribution >= 4 is 18.1 Å². The number of nitrogens with zero attached hydrogens (tertiary/aromatic N) is 4. The zero-order chi connectivity index (χ0) is 12.4. The van der Waals surface area contributed by atoms with Crippen molar-refractivity contribution in [2.24, 2.45) is 7.05 Å². The Morgan fingerprint density at radius 1 is 1.33 bits per heavy atom. The first kappa shape index (κ1) is 14.5. The van der Waals surface area contributed by atoms with Crippen LogP contribution in [0.4, 0.5) is 10.1 Å². The second-order valence-electron chi connectivity index (χ2n) is 3.90. The van der Waals surface area contributed by atoms with Crippen LogP contribution in [0.3, 0.4) is 0 Å². The lowest BCUT2D eigenvalue weighted by atomic mass is 10.3. The normalized spacial score (nSPS) is 10.2. The maximum atomic E-state index is 13.5. The molecule has 0 radical (unpaired) electrons. The van der Waals surface area contributed by atoms with Crippen LogP contribution in [-0.4, -0.2) is 19.6 Å².